The zero-order valence-corrected chi connectivity index (χ0v) is 11.5. The Bertz CT molecular complexity index is 173. The topological polar surface area (TPSA) is 43.4 Å². The van der Waals surface area contributed by atoms with E-state index in [1.54, 1.807) is 0 Å². The normalized spacial score (nSPS) is 9.75. The summed E-state index contributed by atoms with van der Waals surface area (Å²) in [6.07, 6.45) is 1.96. The van der Waals surface area contributed by atoms with E-state index in [-0.39, 0.29) is 5.97 Å². The summed E-state index contributed by atoms with van der Waals surface area (Å²) in [6, 6.07) is 0. The van der Waals surface area contributed by atoms with E-state index >= 15 is 0 Å². The van der Waals surface area contributed by atoms with Crippen molar-refractivity contribution in [1.29, 1.82) is 0 Å². The summed E-state index contributed by atoms with van der Waals surface area (Å²) >= 11 is 0. The number of ether oxygens (including phenoxy) is 1. The van der Waals surface area contributed by atoms with E-state index in [9.17, 15) is 9.59 Å². The molecule has 0 amide bonds. The second-order valence-electron chi connectivity index (χ2n) is 4.66. The van der Waals surface area contributed by atoms with Crippen LogP contribution in [0.4, 0.5) is 0 Å². The third-order valence-electron chi connectivity index (χ3n) is 1.83. The van der Waals surface area contributed by atoms with E-state index in [4.69, 9.17) is 0 Å². The van der Waals surface area contributed by atoms with Crippen LogP contribution in [0.3, 0.4) is 0 Å². The average Bonchev–Trinajstić information content (AvgIpc) is 2.16. The van der Waals surface area contributed by atoms with Crippen LogP contribution in [0.15, 0.2) is 0 Å². The Hall–Kier alpha value is -0.860. The van der Waals surface area contributed by atoms with Crippen LogP contribution in [-0.2, 0) is 14.3 Å². The second-order valence-corrected chi connectivity index (χ2v) is 4.66. The van der Waals surface area contributed by atoms with Crippen molar-refractivity contribution in [3.8, 4) is 0 Å². The van der Waals surface area contributed by atoms with E-state index in [2.05, 4.69) is 18.6 Å². The van der Waals surface area contributed by atoms with Crippen molar-refractivity contribution in [2.45, 2.75) is 53.9 Å². The lowest BCUT2D eigenvalue weighted by atomic mass is 10.1. The highest BCUT2D eigenvalue weighted by Gasteiger charge is 2.01. The molecule has 0 bridgehead atoms. The lowest BCUT2D eigenvalue weighted by molar-refractivity contribution is -0.141. The quantitative estimate of drug-likeness (QED) is 0.681. The number of Topliss-reactive ketones (excluding diaryl/α,β-unsaturated/α-hetero) is 1. The van der Waals surface area contributed by atoms with Gasteiger partial charge in [0, 0.05) is 19.3 Å². The molecular formula is C13H26O3. The number of ketones is 1. The van der Waals surface area contributed by atoms with Gasteiger partial charge in [-0.25, -0.2) is 0 Å². The van der Waals surface area contributed by atoms with Gasteiger partial charge in [-0.3, -0.25) is 9.59 Å². The van der Waals surface area contributed by atoms with Crippen molar-refractivity contribution in [1.82, 2.24) is 0 Å². The predicted molar refractivity (Wildman–Crippen MR) is 66.2 cm³/mol. The molecule has 0 aliphatic carbocycles. The monoisotopic (exact) mass is 230 g/mol. The molecule has 0 rings (SSSR count). The van der Waals surface area contributed by atoms with Gasteiger partial charge in [0.2, 0.25) is 0 Å². The molecule has 0 aliphatic rings. The molecule has 0 heterocycles. The standard InChI is InChI=1S/C7H14O.C6H12O2/c1-4-7(8)5-6(2)3;1-5(2)4-6(7)8-3/h6H,4-5H2,1-3H3;5H,4H2,1-3H3. The smallest absolute Gasteiger partial charge is 0.305 e. The maximum atomic E-state index is 10.6. The number of esters is 1. The van der Waals surface area contributed by atoms with Crippen LogP contribution in [0, 0.1) is 11.8 Å². The Morgan fingerprint density at radius 2 is 1.44 bits per heavy atom. The van der Waals surface area contributed by atoms with Crippen molar-refractivity contribution in [3.05, 3.63) is 0 Å². The van der Waals surface area contributed by atoms with Crippen LogP contribution in [0.2, 0.25) is 0 Å². The zero-order chi connectivity index (χ0) is 13.1. The minimum atomic E-state index is -0.125. The number of hydrogen-bond donors (Lipinski definition) is 0. The second kappa shape index (κ2) is 10.7. The molecule has 16 heavy (non-hydrogen) atoms. The fourth-order valence-electron chi connectivity index (χ4n) is 1.02. The largest absolute Gasteiger partial charge is 0.469 e. The average molecular weight is 230 g/mol. The SMILES string of the molecule is CCC(=O)CC(C)C.COC(=O)CC(C)C. The molecule has 96 valence electrons. The predicted octanol–water partition coefficient (Wildman–Crippen LogP) is 3.22. The molecule has 0 spiro atoms. The molecule has 0 aliphatic heterocycles. The van der Waals surface area contributed by atoms with E-state index in [0.717, 1.165) is 6.42 Å². The number of methoxy groups -OCH3 is 1. The van der Waals surface area contributed by atoms with Crippen LogP contribution in [0.25, 0.3) is 0 Å². The molecule has 3 nitrogen and oxygen atoms in total. The molecule has 0 N–H and O–H groups in total. The lowest BCUT2D eigenvalue weighted by Crippen LogP contribution is -2.03. The summed E-state index contributed by atoms with van der Waals surface area (Å²) in [7, 11) is 1.41. The lowest BCUT2D eigenvalue weighted by Gasteiger charge is -1.99. The van der Waals surface area contributed by atoms with Gasteiger partial charge in [-0.15, -0.1) is 0 Å². The minimum absolute atomic E-state index is 0.125. The molecule has 0 unspecified atom stereocenters. The van der Waals surface area contributed by atoms with Crippen molar-refractivity contribution in [2.24, 2.45) is 11.8 Å². The molecule has 0 aromatic rings. The Morgan fingerprint density at radius 3 is 1.56 bits per heavy atom. The van der Waals surface area contributed by atoms with Gasteiger partial charge in [0.15, 0.2) is 0 Å². The summed E-state index contributed by atoms with van der Waals surface area (Å²) in [5, 5.41) is 0. The summed E-state index contributed by atoms with van der Waals surface area (Å²) in [5.41, 5.74) is 0. The molecule has 0 fully saturated rings. The fourth-order valence-corrected chi connectivity index (χ4v) is 1.02. The molecule has 0 saturated carbocycles. The molecule has 0 atom stereocenters. The van der Waals surface area contributed by atoms with Crippen LogP contribution in [0.5, 0.6) is 0 Å². The molecule has 0 aromatic carbocycles. The highest BCUT2D eigenvalue weighted by molar-refractivity contribution is 5.78. The van der Waals surface area contributed by atoms with Gasteiger partial charge in [0.05, 0.1) is 7.11 Å². The summed E-state index contributed by atoms with van der Waals surface area (Å²) in [5.74, 6) is 1.19. The van der Waals surface area contributed by atoms with Crippen LogP contribution < -0.4 is 0 Å². The van der Waals surface area contributed by atoms with Crippen LogP contribution in [-0.4, -0.2) is 18.9 Å². The molecule has 0 saturated heterocycles. The number of rotatable bonds is 5. The van der Waals surface area contributed by atoms with Gasteiger partial charge < -0.3 is 4.74 Å². The Kier molecular flexibility index (Phi) is 11.7. The van der Waals surface area contributed by atoms with Gasteiger partial charge in [-0.1, -0.05) is 34.6 Å². The fraction of sp³-hybridized carbons (Fsp3) is 0.846. The van der Waals surface area contributed by atoms with Gasteiger partial charge in [0.25, 0.3) is 0 Å². The van der Waals surface area contributed by atoms with Crippen LogP contribution in [0.1, 0.15) is 53.9 Å². The summed E-state index contributed by atoms with van der Waals surface area (Å²) in [4.78, 5) is 21.0. The van der Waals surface area contributed by atoms with Crippen molar-refractivity contribution < 1.29 is 14.3 Å². The summed E-state index contributed by atoms with van der Waals surface area (Å²) in [6.45, 7) is 10.00. The van der Waals surface area contributed by atoms with Crippen molar-refractivity contribution in [3.63, 3.8) is 0 Å². The van der Waals surface area contributed by atoms with Gasteiger partial charge in [-0.05, 0) is 11.8 Å². The van der Waals surface area contributed by atoms with E-state index in [0.29, 0.717) is 30.5 Å². The van der Waals surface area contributed by atoms with Crippen molar-refractivity contribution in [2.75, 3.05) is 7.11 Å². The third-order valence-corrected chi connectivity index (χ3v) is 1.83. The third kappa shape index (κ3) is 15.6. The van der Waals surface area contributed by atoms with E-state index in [1.807, 2.05) is 20.8 Å². The maximum absolute atomic E-state index is 10.6. The van der Waals surface area contributed by atoms with E-state index < -0.39 is 0 Å². The Morgan fingerprint density at radius 1 is 1.00 bits per heavy atom. The minimum Gasteiger partial charge on any atom is -0.469 e. The molecule has 3 heteroatoms. The zero-order valence-electron chi connectivity index (χ0n) is 11.5. The summed E-state index contributed by atoms with van der Waals surface area (Å²) < 4.78 is 4.42. The Labute approximate surface area is 99.6 Å². The van der Waals surface area contributed by atoms with Crippen LogP contribution >= 0.6 is 0 Å². The number of carbonyl (C=O) groups is 2. The van der Waals surface area contributed by atoms with Crippen molar-refractivity contribution >= 4 is 11.8 Å². The molecule has 0 radical (unpaired) electrons. The molecule has 0 aromatic heterocycles. The van der Waals surface area contributed by atoms with E-state index in [1.165, 1.54) is 7.11 Å². The van der Waals surface area contributed by atoms with Gasteiger partial charge in [0.1, 0.15) is 5.78 Å². The first-order valence-electron chi connectivity index (χ1n) is 5.91. The maximum Gasteiger partial charge on any atom is 0.305 e. The highest BCUT2D eigenvalue weighted by atomic mass is 16.5. The van der Waals surface area contributed by atoms with Gasteiger partial charge >= 0.3 is 5.97 Å². The highest BCUT2D eigenvalue weighted by Crippen LogP contribution is 2.01. The van der Waals surface area contributed by atoms with Gasteiger partial charge in [-0.2, -0.15) is 0 Å². The first kappa shape index (κ1) is 17.5. The first-order chi connectivity index (χ1) is 7.33. The first-order valence-corrected chi connectivity index (χ1v) is 5.91. The Balaban J connectivity index is 0. The number of hydrogen-bond acceptors (Lipinski definition) is 3. The number of carbonyl (C=O) groups excluding carboxylic acids is 2. The molecular weight excluding hydrogens is 204 g/mol.